The van der Waals surface area contributed by atoms with E-state index in [9.17, 15) is 15.2 Å². The number of amides is 1. The minimum absolute atomic E-state index is 0.0995. The maximum absolute atomic E-state index is 12.2. The average molecular weight is 333 g/mol. The first kappa shape index (κ1) is 16.6. The number of carbonyl (C=O) groups is 1. The Morgan fingerprint density at radius 1 is 1.24 bits per heavy atom. The van der Waals surface area contributed by atoms with Crippen LogP contribution in [-0.4, -0.2) is 24.1 Å². The van der Waals surface area contributed by atoms with Gasteiger partial charge in [0.2, 0.25) is 0 Å². The lowest BCUT2D eigenvalue weighted by molar-refractivity contribution is -0.117. The molecule has 2 aromatic rings. The van der Waals surface area contributed by atoms with Crippen LogP contribution >= 0.6 is 0 Å². The molecule has 1 aliphatic rings. The molecule has 5 heteroatoms. The van der Waals surface area contributed by atoms with E-state index in [4.69, 9.17) is 0 Å². The number of nitrogens with zero attached hydrogens (tertiary/aromatic N) is 2. The zero-order chi connectivity index (χ0) is 17.6. The van der Waals surface area contributed by atoms with E-state index >= 15 is 0 Å². The average Bonchev–Trinajstić information content (AvgIpc) is 3.04. The number of benzene rings is 2. The third kappa shape index (κ3) is 3.99. The summed E-state index contributed by atoms with van der Waals surface area (Å²) in [5, 5.41) is 21.4. The van der Waals surface area contributed by atoms with Gasteiger partial charge in [-0.1, -0.05) is 30.3 Å². The highest BCUT2D eigenvalue weighted by Crippen LogP contribution is 2.28. The number of hydrogen-bond donors (Lipinski definition) is 2. The van der Waals surface area contributed by atoms with Crippen molar-refractivity contribution in [2.45, 2.75) is 12.8 Å². The SMILES string of the molecule is N#C/C(=C/N1CCc2ccccc21)C(=O)NCCc1ccc(O)cc1. The quantitative estimate of drug-likeness (QED) is 0.651. The van der Waals surface area contributed by atoms with Gasteiger partial charge in [-0.2, -0.15) is 5.26 Å². The van der Waals surface area contributed by atoms with Crippen molar-refractivity contribution in [3.63, 3.8) is 0 Å². The molecule has 3 rings (SSSR count). The monoisotopic (exact) mass is 333 g/mol. The molecule has 2 aromatic carbocycles. The second-order valence-corrected chi connectivity index (χ2v) is 5.90. The normalized spacial score (nSPS) is 13.2. The van der Waals surface area contributed by atoms with E-state index in [-0.39, 0.29) is 17.2 Å². The first-order valence-corrected chi connectivity index (χ1v) is 8.20. The smallest absolute Gasteiger partial charge is 0.263 e. The van der Waals surface area contributed by atoms with Crippen LogP contribution in [0, 0.1) is 11.3 Å². The maximum atomic E-state index is 12.2. The Morgan fingerprint density at radius 3 is 2.76 bits per heavy atom. The number of hydrogen-bond acceptors (Lipinski definition) is 4. The van der Waals surface area contributed by atoms with E-state index in [1.165, 1.54) is 5.56 Å². The number of phenolic OH excluding ortho intramolecular Hbond substituents is 1. The fourth-order valence-corrected chi connectivity index (χ4v) is 2.87. The highest BCUT2D eigenvalue weighted by Gasteiger charge is 2.19. The second-order valence-electron chi connectivity index (χ2n) is 5.90. The predicted molar refractivity (Wildman–Crippen MR) is 96.0 cm³/mol. The predicted octanol–water partition coefficient (Wildman–Crippen LogP) is 2.52. The molecule has 0 saturated heterocycles. The molecule has 1 heterocycles. The highest BCUT2D eigenvalue weighted by atomic mass is 16.3. The Labute approximate surface area is 146 Å². The van der Waals surface area contributed by atoms with Crippen LogP contribution in [0.15, 0.2) is 60.3 Å². The molecule has 0 saturated carbocycles. The van der Waals surface area contributed by atoms with Gasteiger partial charge >= 0.3 is 0 Å². The number of aromatic hydroxyl groups is 1. The minimum Gasteiger partial charge on any atom is -0.508 e. The number of anilines is 1. The van der Waals surface area contributed by atoms with Gasteiger partial charge in [-0.15, -0.1) is 0 Å². The van der Waals surface area contributed by atoms with Crippen LogP contribution in [-0.2, 0) is 17.6 Å². The first-order chi connectivity index (χ1) is 12.2. The minimum atomic E-state index is -0.370. The molecule has 0 unspecified atom stereocenters. The van der Waals surface area contributed by atoms with Crippen LogP contribution in [0.2, 0.25) is 0 Å². The second kappa shape index (κ2) is 7.54. The van der Waals surface area contributed by atoms with Crippen molar-refractivity contribution in [2.75, 3.05) is 18.0 Å². The topological polar surface area (TPSA) is 76.4 Å². The standard InChI is InChI=1S/C20H19N3O2/c21-13-17(14-23-12-10-16-3-1-2-4-19(16)23)20(25)22-11-9-15-5-7-18(24)8-6-15/h1-8,14,24H,9-12H2,(H,22,25)/b17-14-. The van der Waals surface area contributed by atoms with E-state index in [2.05, 4.69) is 11.4 Å². The van der Waals surface area contributed by atoms with Gasteiger partial charge in [0.25, 0.3) is 5.91 Å². The molecule has 5 nitrogen and oxygen atoms in total. The number of phenols is 1. The molecule has 2 N–H and O–H groups in total. The molecule has 0 aliphatic carbocycles. The molecule has 0 radical (unpaired) electrons. The molecule has 0 spiro atoms. The summed E-state index contributed by atoms with van der Waals surface area (Å²) in [7, 11) is 0. The van der Waals surface area contributed by atoms with Crippen LogP contribution < -0.4 is 10.2 Å². The number of fused-ring (bicyclic) bond motifs is 1. The Kier molecular flexibility index (Phi) is 5.00. The van der Waals surface area contributed by atoms with Crippen molar-refractivity contribution in [3.8, 4) is 11.8 Å². The number of rotatable bonds is 5. The van der Waals surface area contributed by atoms with Gasteiger partial charge in [-0.05, 0) is 42.2 Å². The molecule has 1 amide bonds. The van der Waals surface area contributed by atoms with Crippen LogP contribution in [0.3, 0.4) is 0 Å². The molecule has 0 bridgehead atoms. The molecular weight excluding hydrogens is 314 g/mol. The van der Waals surface area contributed by atoms with Crippen molar-refractivity contribution in [1.82, 2.24) is 5.32 Å². The molecule has 1 aliphatic heterocycles. The van der Waals surface area contributed by atoms with Crippen molar-refractivity contribution in [2.24, 2.45) is 0 Å². The number of nitrogens with one attached hydrogen (secondary N) is 1. The van der Waals surface area contributed by atoms with Crippen LogP contribution in [0.1, 0.15) is 11.1 Å². The summed E-state index contributed by atoms with van der Waals surface area (Å²) in [5.74, 6) is -0.154. The largest absolute Gasteiger partial charge is 0.508 e. The molecular formula is C20H19N3O2. The van der Waals surface area contributed by atoms with Gasteiger partial charge in [0.05, 0.1) is 0 Å². The van der Waals surface area contributed by atoms with Crippen LogP contribution in [0.5, 0.6) is 5.75 Å². The molecule has 126 valence electrons. The fraction of sp³-hybridized carbons (Fsp3) is 0.200. The third-order valence-corrected chi connectivity index (χ3v) is 4.21. The summed E-state index contributed by atoms with van der Waals surface area (Å²) in [6.45, 7) is 1.20. The highest BCUT2D eigenvalue weighted by molar-refractivity contribution is 5.97. The molecule has 25 heavy (non-hydrogen) atoms. The fourth-order valence-electron chi connectivity index (χ4n) is 2.87. The molecule has 0 fully saturated rings. The van der Waals surface area contributed by atoms with E-state index in [0.29, 0.717) is 13.0 Å². The van der Waals surface area contributed by atoms with Gasteiger partial charge in [0, 0.05) is 25.0 Å². The summed E-state index contributed by atoms with van der Waals surface area (Å²) in [6.07, 6.45) is 3.17. The Morgan fingerprint density at radius 2 is 2.00 bits per heavy atom. The summed E-state index contributed by atoms with van der Waals surface area (Å²) in [6, 6.07) is 16.8. The van der Waals surface area contributed by atoms with Crippen molar-refractivity contribution in [3.05, 3.63) is 71.4 Å². The van der Waals surface area contributed by atoms with Crippen molar-refractivity contribution < 1.29 is 9.90 Å². The van der Waals surface area contributed by atoms with E-state index in [0.717, 1.165) is 24.2 Å². The zero-order valence-electron chi connectivity index (χ0n) is 13.8. The number of para-hydroxylation sites is 1. The first-order valence-electron chi connectivity index (χ1n) is 8.20. The Bertz CT molecular complexity index is 835. The summed E-state index contributed by atoms with van der Waals surface area (Å²) >= 11 is 0. The third-order valence-electron chi connectivity index (χ3n) is 4.21. The lowest BCUT2D eigenvalue weighted by Crippen LogP contribution is -2.28. The summed E-state index contributed by atoms with van der Waals surface area (Å²) < 4.78 is 0. The van der Waals surface area contributed by atoms with E-state index < -0.39 is 0 Å². The van der Waals surface area contributed by atoms with E-state index in [1.807, 2.05) is 41.3 Å². The number of nitriles is 1. The summed E-state index contributed by atoms with van der Waals surface area (Å²) in [4.78, 5) is 14.2. The van der Waals surface area contributed by atoms with Gasteiger partial charge in [0.15, 0.2) is 0 Å². The van der Waals surface area contributed by atoms with Crippen molar-refractivity contribution in [1.29, 1.82) is 5.26 Å². The van der Waals surface area contributed by atoms with E-state index in [1.54, 1.807) is 18.3 Å². The van der Waals surface area contributed by atoms with Gasteiger partial charge in [0.1, 0.15) is 17.4 Å². The Balaban J connectivity index is 1.60. The van der Waals surface area contributed by atoms with Gasteiger partial charge in [-0.3, -0.25) is 4.79 Å². The van der Waals surface area contributed by atoms with Gasteiger partial charge in [-0.25, -0.2) is 0 Å². The lowest BCUT2D eigenvalue weighted by atomic mass is 10.1. The molecule has 0 aromatic heterocycles. The number of carbonyl (C=O) groups excluding carboxylic acids is 1. The summed E-state index contributed by atoms with van der Waals surface area (Å²) in [5.41, 5.74) is 3.38. The Hall–Kier alpha value is -3.26. The molecule has 0 atom stereocenters. The maximum Gasteiger partial charge on any atom is 0.263 e. The lowest BCUT2D eigenvalue weighted by Gasteiger charge is -2.14. The van der Waals surface area contributed by atoms with Gasteiger partial charge < -0.3 is 15.3 Å². The zero-order valence-corrected chi connectivity index (χ0v) is 13.8. The van der Waals surface area contributed by atoms with Crippen LogP contribution in [0.4, 0.5) is 5.69 Å². The van der Waals surface area contributed by atoms with Crippen LogP contribution in [0.25, 0.3) is 0 Å². The van der Waals surface area contributed by atoms with Crippen molar-refractivity contribution >= 4 is 11.6 Å².